The summed E-state index contributed by atoms with van der Waals surface area (Å²) in [5.41, 5.74) is 0.675. The molecule has 0 fully saturated rings. The van der Waals surface area contributed by atoms with Crippen molar-refractivity contribution in [1.29, 1.82) is 0 Å². The van der Waals surface area contributed by atoms with E-state index >= 15 is 0 Å². The van der Waals surface area contributed by atoms with Gasteiger partial charge in [0.05, 0.1) is 23.2 Å². The molecule has 0 aliphatic carbocycles. The van der Waals surface area contributed by atoms with E-state index in [0.717, 1.165) is 6.42 Å². The highest BCUT2D eigenvalue weighted by Gasteiger charge is 2.18. The number of nitrogens with one attached hydrogen (secondary N) is 1. The van der Waals surface area contributed by atoms with Crippen molar-refractivity contribution in [3.05, 3.63) is 54.4 Å². The van der Waals surface area contributed by atoms with Crippen LogP contribution in [0.3, 0.4) is 0 Å². The highest BCUT2D eigenvalue weighted by atomic mass is 32.2. The molecule has 0 saturated heterocycles. The lowest BCUT2D eigenvalue weighted by atomic mass is 10.2. The van der Waals surface area contributed by atoms with Gasteiger partial charge in [0.2, 0.25) is 10.0 Å². The largest absolute Gasteiger partial charge is 0.494 e. The third kappa shape index (κ3) is 4.29. The minimum absolute atomic E-state index is 0.208. The van der Waals surface area contributed by atoms with Gasteiger partial charge in [0.1, 0.15) is 5.75 Å². The van der Waals surface area contributed by atoms with Crippen LogP contribution in [0, 0.1) is 0 Å². The maximum absolute atomic E-state index is 12.4. The minimum Gasteiger partial charge on any atom is -0.494 e. The molecule has 1 aromatic heterocycles. The van der Waals surface area contributed by atoms with Crippen LogP contribution in [0.4, 0.5) is 0 Å². The third-order valence-corrected chi connectivity index (χ3v) is 4.63. The Labute approximate surface area is 131 Å². The second-order valence-electron chi connectivity index (χ2n) is 4.92. The third-order valence-electron chi connectivity index (χ3n) is 3.07. The number of benzene rings is 1. The molecular weight excluding hydrogens is 300 g/mol. The summed E-state index contributed by atoms with van der Waals surface area (Å²) in [7, 11) is -3.59. The number of hydrogen-bond acceptors (Lipinski definition) is 4. The Bertz CT molecular complexity index is 685. The number of sulfonamides is 1. The summed E-state index contributed by atoms with van der Waals surface area (Å²) in [6.07, 6.45) is 2.54. The molecule has 0 bridgehead atoms. The zero-order valence-electron chi connectivity index (χ0n) is 12.7. The molecule has 118 valence electrons. The fraction of sp³-hybridized carbons (Fsp3) is 0.312. The first-order chi connectivity index (χ1) is 10.5. The summed E-state index contributed by atoms with van der Waals surface area (Å²) in [4.78, 5) is 4.36. The van der Waals surface area contributed by atoms with Crippen LogP contribution in [0.5, 0.6) is 5.75 Å². The van der Waals surface area contributed by atoms with Crippen molar-refractivity contribution in [2.24, 2.45) is 0 Å². The van der Waals surface area contributed by atoms with Crippen LogP contribution in [0.25, 0.3) is 0 Å². The Morgan fingerprint density at radius 2 is 1.91 bits per heavy atom. The van der Waals surface area contributed by atoms with Gasteiger partial charge in [0.25, 0.3) is 0 Å². The van der Waals surface area contributed by atoms with E-state index in [0.29, 0.717) is 18.1 Å². The van der Waals surface area contributed by atoms with E-state index in [4.69, 9.17) is 4.74 Å². The van der Waals surface area contributed by atoms with Gasteiger partial charge in [-0.05, 0) is 49.7 Å². The SMILES string of the molecule is CCCOc1ccc(S(=O)(=O)N[C@H](C)c2ccccn2)cc1. The molecule has 2 rings (SSSR count). The monoisotopic (exact) mass is 320 g/mol. The zero-order valence-corrected chi connectivity index (χ0v) is 13.5. The van der Waals surface area contributed by atoms with E-state index in [1.165, 1.54) is 0 Å². The average molecular weight is 320 g/mol. The van der Waals surface area contributed by atoms with Crippen molar-refractivity contribution in [3.8, 4) is 5.75 Å². The van der Waals surface area contributed by atoms with E-state index in [9.17, 15) is 8.42 Å². The molecule has 5 nitrogen and oxygen atoms in total. The normalized spacial score (nSPS) is 12.8. The lowest BCUT2D eigenvalue weighted by Gasteiger charge is -2.14. The van der Waals surface area contributed by atoms with Gasteiger partial charge < -0.3 is 4.74 Å². The number of pyridine rings is 1. The van der Waals surface area contributed by atoms with E-state index in [1.54, 1.807) is 49.5 Å². The van der Waals surface area contributed by atoms with E-state index in [1.807, 2.05) is 13.0 Å². The fourth-order valence-corrected chi connectivity index (χ4v) is 3.14. The van der Waals surface area contributed by atoms with Crippen molar-refractivity contribution >= 4 is 10.0 Å². The molecule has 0 saturated carbocycles. The Morgan fingerprint density at radius 3 is 2.50 bits per heavy atom. The molecule has 2 aromatic rings. The molecular formula is C16H20N2O3S. The number of nitrogens with zero attached hydrogens (tertiary/aromatic N) is 1. The first-order valence-electron chi connectivity index (χ1n) is 7.19. The van der Waals surface area contributed by atoms with Crippen LogP contribution in [0.2, 0.25) is 0 Å². The van der Waals surface area contributed by atoms with Crippen LogP contribution < -0.4 is 9.46 Å². The second kappa shape index (κ2) is 7.38. The predicted octanol–water partition coefficient (Wildman–Crippen LogP) is 2.91. The quantitative estimate of drug-likeness (QED) is 0.851. The maximum Gasteiger partial charge on any atom is 0.241 e. The zero-order chi connectivity index (χ0) is 16.0. The van der Waals surface area contributed by atoms with Gasteiger partial charge in [-0.1, -0.05) is 13.0 Å². The van der Waals surface area contributed by atoms with E-state index in [-0.39, 0.29) is 4.90 Å². The van der Waals surface area contributed by atoms with Gasteiger partial charge in [-0.2, -0.15) is 0 Å². The first kappa shape index (κ1) is 16.5. The molecule has 1 atom stereocenters. The van der Waals surface area contributed by atoms with Gasteiger partial charge >= 0.3 is 0 Å². The van der Waals surface area contributed by atoms with Crippen LogP contribution in [-0.2, 0) is 10.0 Å². The maximum atomic E-state index is 12.4. The highest BCUT2D eigenvalue weighted by molar-refractivity contribution is 7.89. The molecule has 1 aromatic carbocycles. The molecule has 0 aliphatic rings. The molecule has 0 amide bonds. The van der Waals surface area contributed by atoms with Crippen molar-refractivity contribution in [1.82, 2.24) is 9.71 Å². The lowest BCUT2D eigenvalue weighted by molar-refractivity contribution is 0.317. The molecule has 0 unspecified atom stereocenters. The lowest BCUT2D eigenvalue weighted by Crippen LogP contribution is -2.27. The van der Waals surface area contributed by atoms with Gasteiger partial charge in [0.15, 0.2) is 0 Å². The van der Waals surface area contributed by atoms with Crippen LogP contribution in [0.1, 0.15) is 32.0 Å². The van der Waals surface area contributed by atoms with Crippen LogP contribution >= 0.6 is 0 Å². The summed E-state index contributed by atoms with van der Waals surface area (Å²) in [5, 5.41) is 0. The van der Waals surface area contributed by atoms with E-state index in [2.05, 4.69) is 9.71 Å². The molecule has 22 heavy (non-hydrogen) atoms. The molecule has 0 radical (unpaired) electrons. The summed E-state index contributed by atoms with van der Waals surface area (Å²) >= 11 is 0. The summed E-state index contributed by atoms with van der Waals surface area (Å²) in [5.74, 6) is 0.665. The minimum atomic E-state index is -3.59. The van der Waals surface area contributed by atoms with Crippen molar-refractivity contribution < 1.29 is 13.2 Å². The van der Waals surface area contributed by atoms with Crippen molar-refractivity contribution in [2.75, 3.05) is 6.61 Å². The van der Waals surface area contributed by atoms with Crippen molar-refractivity contribution in [3.63, 3.8) is 0 Å². The predicted molar refractivity (Wildman–Crippen MR) is 85.2 cm³/mol. The Hall–Kier alpha value is -1.92. The van der Waals surface area contributed by atoms with Gasteiger partial charge in [-0.3, -0.25) is 4.98 Å². The highest BCUT2D eigenvalue weighted by Crippen LogP contribution is 2.18. The number of rotatable bonds is 7. The molecule has 0 aliphatic heterocycles. The van der Waals surface area contributed by atoms with Crippen LogP contribution in [0.15, 0.2) is 53.6 Å². The van der Waals surface area contributed by atoms with Crippen LogP contribution in [-0.4, -0.2) is 20.0 Å². The molecule has 6 heteroatoms. The summed E-state index contributed by atoms with van der Waals surface area (Å²) in [6.45, 7) is 4.39. The van der Waals surface area contributed by atoms with Gasteiger partial charge in [-0.15, -0.1) is 0 Å². The number of hydrogen-bond donors (Lipinski definition) is 1. The standard InChI is InChI=1S/C16H20N2O3S/c1-3-12-21-14-7-9-15(10-8-14)22(19,20)18-13(2)16-6-4-5-11-17-16/h4-11,13,18H,3,12H2,1-2H3/t13-/m1/s1. The Morgan fingerprint density at radius 1 is 1.18 bits per heavy atom. The number of ether oxygens (including phenoxy) is 1. The molecule has 1 heterocycles. The Kier molecular flexibility index (Phi) is 5.51. The smallest absolute Gasteiger partial charge is 0.241 e. The Balaban J connectivity index is 2.10. The second-order valence-corrected chi connectivity index (χ2v) is 6.63. The topological polar surface area (TPSA) is 68.3 Å². The van der Waals surface area contributed by atoms with Gasteiger partial charge in [0, 0.05) is 6.20 Å². The van der Waals surface area contributed by atoms with E-state index < -0.39 is 16.1 Å². The first-order valence-corrected chi connectivity index (χ1v) is 8.67. The molecule has 0 spiro atoms. The summed E-state index contributed by atoms with van der Waals surface area (Å²) < 4.78 is 32.8. The number of aromatic nitrogens is 1. The molecule has 1 N–H and O–H groups in total. The van der Waals surface area contributed by atoms with Crippen molar-refractivity contribution in [2.45, 2.75) is 31.2 Å². The summed E-state index contributed by atoms with van der Waals surface area (Å²) in [6, 6.07) is 11.4. The van der Waals surface area contributed by atoms with Gasteiger partial charge in [-0.25, -0.2) is 13.1 Å². The average Bonchev–Trinajstić information content (AvgIpc) is 2.53. The fourth-order valence-electron chi connectivity index (χ4n) is 1.93.